The molecule has 5 rings (SSSR count). The highest BCUT2D eigenvalue weighted by Crippen LogP contribution is 2.56. The molecule has 4 fully saturated rings. The molecule has 4 aliphatic rings. The van der Waals surface area contributed by atoms with Gasteiger partial charge in [-0.2, -0.15) is 0 Å². The Bertz CT molecular complexity index is 643. The topological polar surface area (TPSA) is 75.6 Å². The van der Waals surface area contributed by atoms with E-state index in [0.29, 0.717) is 24.1 Å². The molecule has 0 atom stereocenters. The number of carboxylic acid groups (broad SMARTS) is 1. The van der Waals surface area contributed by atoms with Crippen molar-refractivity contribution in [3.63, 3.8) is 0 Å². The lowest BCUT2D eigenvalue weighted by atomic mass is 9.51. The molecule has 0 aromatic heterocycles. The van der Waals surface area contributed by atoms with E-state index in [2.05, 4.69) is 5.32 Å². The Morgan fingerprint density at radius 2 is 1.76 bits per heavy atom. The monoisotopic (exact) mass is 343 g/mol. The molecule has 0 saturated heterocycles. The molecule has 0 radical (unpaired) electrons. The van der Waals surface area contributed by atoms with Gasteiger partial charge < -0.3 is 15.2 Å². The Morgan fingerprint density at radius 1 is 1.08 bits per heavy atom. The quantitative estimate of drug-likeness (QED) is 0.833. The smallest absolute Gasteiger partial charge is 0.341 e. The van der Waals surface area contributed by atoms with Crippen molar-refractivity contribution >= 4 is 11.9 Å². The minimum Gasteiger partial charge on any atom is -0.482 e. The summed E-state index contributed by atoms with van der Waals surface area (Å²) in [4.78, 5) is 23.4. The van der Waals surface area contributed by atoms with E-state index in [4.69, 9.17) is 9.84 Å². The second kappa shape index (κ2) is 6.70. The normalized spacial score (nSPS) is 32.4. The van der Waals surface area contributed by atoms with Crippen LogP contribution in [0.5, 0.6) is 5.75 Å². The number of hydrogen-bond donors (Lipinski definition) is 2. The van der Waals surface area contributed by atoms with Crippen molar-refractivity contribution in [3.8, 4) is 5.75 Å². The van der Waals surface area contributed by atoms with E-state index in [1.165, 1.54) is 32.1 Å². The summed E-state index contributed by atoms with van der Waals surface area (Å²) < 4.78 is 5.20. The fourth-order valence-electron chi connectivity index (χ4n) is 5.55. The van der Waals surface area contributed by atoms with Gasteiger partial charge in [0.1, 0.15) is 5.75 Å². The van der Waals surface area contributed by atoms with Crippen LogP contribution in [0.1, 0.15) is 37.7 Å². The number of nitrogens with one attached hydrogen (secondary N) is 1. The average molecular weight is 343 g/mol. The van der Waals surface area contributed by atoms with E-state index < -0.39 is 5.97 Å². The standard InChI is InChI=1S/C20H25NO4/c22-18(23)11-25-17-3-1-2-12(9-17)10-21-20(24)19-15-5-13-4-14(7-15)8-16(19)6-13/h1-3,9,13-16,19H,4-8,10-11H2,(H,21,24)(H,22,23). The molecule has 2 N–H and O–H groups in total. The zero-order chi connectivity index (χ0) is 17.4. The minimum absolute atomic E-state index is 0.194. The molecule has 5 nitrogen and oxygen atoms in total. The lowest BCUT2D eigenvalue weighted by Crippen LogP contribution is -2.50. The van der Waals surface area contributed by atoms with Crippen LogP contribution in [0.3, 0.4) is 0 Å². The second-order valence-electron chi connectivity index (χ2n) is 8.00. The third-order valence-corrected chi connectivity index (χ3v) is 6.26. The molecular formula is C20H25NO4. The highest BCUT2D eigenvalue weighted by atomic mass is 16.5. The molecule has 1 aromatic rings. The van der Waals surface area contributed by atoms with Crippen LogP contribution in [0, 0.1) is 29.6 Å². The molecule has 1 amide bonds. The number of hydrogen-bond acceptors (Lipinski definition) is 3. The number of amides is 1. The maximum Gasteiger partial charge on any atom is 0.341 e. The molecular weight excluding hydrogens is 318 g/mol. The molecule has 0 spiro atoms. The summed E-state index contributed by atoms with van der Waals surface area (Å²) in [5.74, 6) is 2.82. The van der Waals surface area contributed by atoms with Crippen LogP contribution in [0.25, 0.3) is 0 Å². The van der Waals surface area contributed by atoms with Gasteiger partial charge in [-0.15, -0.1) is 0 Å². The van der Waals surface area contributed by atoms with Gasteiger partial charge in [0.25, 0.3) is 0 Å². The zero-order valence-corrected chi connectivity index (χ0v) is 14.3. The van der Waals surface area contributed by atoms with Crippen molar-refractivity contribution in [2.75, 3.05) is 6.61 Å². The highest BCUT2D eigenvalue weighted by molar-refractivity contribution is 5.79. The number of rotatable bonds is 6. The van der Waals surface area contributed by atoms with Crippen LogP contribution >= 0.6 is 0 Å². The van der Waals surface area contributed by atoms with E-state index in [1.807, 2.05) is 12.1 Å². The lowest BCUT2D eigenvalue weighted by Gasteiger charge is -2.53. The molecule has 0 aliphatic heterocycles. The number of benzene rings is 1. The average Bonchev–Trinajstić information content (AvgIpc) is 2.57. The fraction of sp³-hybridized carbons (Fsp3) is 0.600. The fourth-order valence-corrected chi connectivity index (χ4v) is 5.55. The van der Waals surface area contributed by atoms with Crippen LogP contribution in [0.4, 0.5) is 0 Å². The largest absolute Gasteiger partial charge is 0.482 e. The predicted octanol–water partition coefficient (Wildman–Crippen LogP) is 2.84. The van der Waals surface area contributed by atoms with Gasteiger partial charge >= 0.3 is 5.97 Å². The Labute approximate surface area is 147 Å². The van der Waals surface area contributed by atoms with Crippen molar-refractivity contribution in [1.29, 1.82) is 0 Å². The number of carboxylic acids is 1. The van der Waals surface area contributed by atoms with Crippen molar-refractivity contribution in [2.45, 2.75) is 38.6 Å². The SMILES string of the molecule is O=C(O)COc1cccc(CNC(=O)C2C3CC4CC(C3)CC2C4)c1. The molecule has 25 heavy (non-hydrogen) atoms. The van der Waals surface area contributed by atoms with Gasteiger partial charge in [-0.05, 0) is 73.5 Å². The van der Waals surface area contributed by atoms with Gasteiger partial charge in [0.2, 0.25) is 5.91 Å². The van der Waals surface area contributed by atoms with Crippen molar-refractivity contribution in [3.05, 3.63) is 29.8 Å². The lowest BCUT2D eigenvalue weighted by molar-refractivity contribution is -0.139. The number of ether oxygens (including phenoxy) is 1. The summed E-state index contributed by atoms with van der Waals surface area (Å²) in [6.07, 6.45) is 6.35. The first kappa shape index (κ1) is 16.4. The van der Waals surface area contributed by atoms with E-state index in [0.717, 1.165) is 17.4 Å². The number of carbonyl (C=O) groups excluding carboxylic acids is 1. The zero-order valence-electron chi connectivity index (χ0n) is 14.3. The number of carbonyl (C=O) groups is 2. The summed E-state index contributed by atoms with van der Waals surface area (Å²) in [5.41, 5.74) is 0.931. The van der Waals surface area contributed by atoms with E-state index in [-0.39, 0.29) is 18.4 Å². The van der Waals surface area contributed by atoms with Gasteiger partial charge in [0.15, 0.2) is 6.61 Å². The molecule has 5 heteroatoms. The summed E-state index contributed by atoms with van der Waals surface area (Å²) in [7, 11) is 0. The molecule has 4 saturated carbocycles. The van der Waals surface area contributed by atoms with Crippen molar-refractivity contribution in [1.82, 2.24) is 5.32 Å². The Balaban J connectivity index is 1.34. The van der Waals surface area contributed by atoms with Crippen molar-refractivity contribution < 1.29 is 19.4 Å². The summed E-state index contributed by atoms with van der Waals surface area (Å²) in [6, 6.07) is 7.26. The van der Waals surface area contributed by atoms with Gasteiger partial charge in [-0.3, -0.25) is 4.79 Å². The van der Waals surface area contributed by atoms with E-state index >= 15 is 0 Å². The Morgan fingerprint density at radius 3 is 2.40 bits per heavy atom. The van der Waals surface area contributed by atoms with Crippen LogP contribution in [0.2, 0.25) is 0 Å². The van der Waals surface area contributed by atoms with Gasteiger partial charge in [-0.1, -0.05) is 12.1 Å². The first-order valence-electron chi connectivity index (χ1n) is 9.29. The van der Waals surface area contributed by atoms with E-state index in [1.54, 1.807) is 12.1 Å². The highest BCUT2D eigenvalue weighted by Gasteiger charge is 2.50. The Hall–Kier alpha value is -2.04. The van der Waals surface area contributed by atoms with Gasteiger partial charge in [-0.25, -0.2) is 4.79 Å². The van der Waals surface area contributed by atoms with Gasteiger partial charge in [0, 0.05) is 12.5 Å². The summed E-state index contributed by atoms with van der Waals surface area (Å²) in [5, 5.41) is 11.8. The van der Waals surface area contributed by atoms with Crippen LogP contribution in [0.15, 0.2) is 24.3 Å². The summed E-state index contributed by atoms with van der Waals surface area (Å²) in [6.45, 7) is 0.107. The maximum atomic E-state index is 12.8. The second-order valence-corrected chi connectivity index (χ2v) is 8.00. The van der Waals surface area contributed by atoms with Crippen LogP contribution in [-0.2, 0) is 16.1 Å². The van der Waals surface area contributed by atoms with Crippen LogP contribution in [-0.4, -0.2) is 23.6 Å². The molecule has 4 bridgehead atoms. The summed E-state index contributed by atoms with van der Waals surface area (Å²) >= 11 is 0. The third-order valence-electron chi connectivity index (χ3n) is 6.26. The Kier molecular flexibility index (Phi) is 4.40. The molecule has 4 aliphatic carbocycles. The molecule has 134 valence electrons. The van der Waals surface area contributed by atoms with Crippen molar-refractivity contribution in [2.24, 2.45) is 29.6 Å². The first-order chi connectivity index (χ1) is 12.1. The molecule has 0 heterocycles. The predicted molar refractivity (Wildman–Crippen MR) is 92.0 cm³/mol. The first-order valence-corrected chi connectivity index (χ1v) is 9.29. The maximum absolute atomic E-state index is 12.8. The minimum atomic E-state index is -0.999. The van der Waals surface area contributed by atoms with Gasteiger partial charge in [0.05, 0.1) is 0 Å². The van der Waals surface area contributed by atoms with Crippen LogP contribution < -0.4 is 10.1 Å². The number of aliphatic carboxylic acids is 1. The third kappa shape index (κ3) is 3.51. The molecule has 1 aromatic carbocycles. The molecule has 0 unspecified atom stereocenters. The van der Waals surface area contributed by atoms with E-state index in [9.17, 15) is 9.59 Å².